The molecule has 1 unspecified atom stereocenters. The van der Waals surface area contributed by atoms with Gasteiger partial charge >= 0.3 is 5.51 Å². The van der Waals surface area contributed by atoms with Crippen molar-refractivity contribution in [1.82, 2.24) is 0 Å². The van der Waals surface area contributed by atoms with E-state index in [9.17, 15) is 26.0 Å². The van der Waals surface area contributed by atoms with Gasteiger partial charge in [-0.25, -0.2) is 12.8 Å². The number of nitrogens with one attached hydrogen (secondary N) is 1. The van der Waals surface area contributed by atoms with Crippen molar-refractivity contribution in [2.75, 3.05) is 18.5 Å². The van der Waals surface area contributed by atoms with Gasteiger partial charge in [0.15, 0.2) is 0 Å². The van der Waals surface area contributed by atoms with E-state index in [0.29, 0.717) is 12.7 Å². The van der Waals surface area contributed by atoms with E-state index in [2.05, 4.69) is 5.32 Å². The smallest absolute Gasteiger partial charge is 0.381 e. The highest BCUT2D eigenvalue weighted by Crippen LogP contribution is 2.34. The van der Waals surface area contributed by atoms with E-state index in [1.165, 1.54) is 0 Å². The molecule has 0 bridgehead atoms. The molecule has 0 aliphatic rings. The summed E-state index contributed by atoms with van der Waals surface area (Å²) in [5.74, 6) is -1.07. The minimum Gasteiger partial charge on any atom is -0.381 e. The van der Waals surface area contributed by atoms with Crippen molar-refractivity contribution in [2.24, 2.45) is 0 Å². The first-order chi connectivity index (χ1) is 9.59. The van der Waals surface area contributed by atoms with Crippen LogP contribution in [0.5, 0.6) is 0 Å². The maximum Gasteiger partial charge on any atom is 0.501 e. The maximum atomic E-state index is 13.1. The normalized spacial score (nSPS) is 14.0. The van der Waals surface area contributed by atoms with Crippen molar-refractivity contribution in [3.8, 4) is 0 Å². The van der Waals surface area contributed by atoms with E-state index in [-0.39, 0.29) is 18.3 Å². The largest absolute Gasteiger partial charge is 0.501 e. The summed E-state index contributed by atoms with van der Waals surface area (Å²) in [7, 11) is -5.63. The highest BCUT2D eigenvalue weighted by atomic mass is 32.2. The van der Waals surface area contributed by atoms with Crippen LogP contribution in [0.4, 0.5) is 23.2 Å². The second kappa shape index (κ2) is 6.61. The summed E-state index contributed by atoms with van der Waals surface area (Å²) in [6, 6.07) is 2.17. The SMILES string of the molecule is CCOC(C)CNc1ccc(F)cc1S(=O)(=O)C(F)(F)F. The predicted octanol–water partition coefficient (Wildman–Crippen LogP) is 2.96. The van der Waals surface area contributed by atoms with Crippen molar-refractivity contribution in [2.45, 2.75) is 30.4 Å². The van der Waals surface area contributed by atoms with E-state index < -0.39 is 26.1 Å². The molecule has 0 saturated carbocycles. The van der Waals surface area contributed by atoms with Gasteiger partial charge in [0.25, 0.3) is 9.84 Å². The molecule has 9 heteroatoms. The Morgan fingerprint density at radius 3 is 2.48 bits per heavy atom. The Bertz CT molecular complexity index is 587. The van der Waals surface area contributed by atoms with Crippen LogP contribution < -0.4 is 5.32 Å². The van der Waals surface area contributed by atoms with E-state index in [4.69, 9.17) is 4.74 Å². The molecule has 21 heavy (non-hydrogen) atoms. The number of alkyl halides is 3. The quantitative estimate of drug-likeness (QED) is 0.815. The molecule has 0 amide bonds. The Kier molecular flexibility index (Phi) is 5.57. The zero-order chi connectivity index (χ0) is 16.3. The summed E-state index contributed by atoms with van der Waals surface area (Å²) >= 11 is 0. The van der Waals surface area contributed by atoms with Crippen LogP contribution in [0.3, 0.4) is 0 Å². The van der Waals surface area contributed by atoms with Crippen molar-refractivity contribution in [3.05, 3.63) is 24.0 Å². The maximum absolute atomic E-state index is 13.1. The van der Waals surface area contributed by atoms with Crippen molar-refractivity contribution in [1.29, 1.82) is 0 Å². The molecule has 1 rings (SSSR count). The second-order valence-electron chi connectivity index (χ2n) is 4.24. The third kappa shape index (κ3) is 4.31. The molecule has 0 heterocycles. The van der Waals surface area contributed by atoms with Gasteiger partial charge in [-0.1, -0.05) is 0 Å². The van der Waals surface area contributed by atoms with E-state index in [1.54, 1.807) is 13.8 Å². The van der Waals surface area contributed by atoms with Crippen molar-refractivity contribution in [3.63, 3.8) is 0 Å². The summed E-state index contributed by atoms with van der Waals surface area (Å²) in [6.45, 7) is 3.89. The molecule has 1 N–H and O–H groups in total. The monoisotopic (exact) mass is 329 g/mol. The summed E-state index contributed by atoms with van der Waals surface area (Å²) in [4.78, 5) is -1.14. The van der Waals surface area contributed by atoms with Gasteiger partial charge in [-0.2, -0.15) is 13.2 Å². The average Bonchev–Trinajstić information content (AvgIpc) is 2.36. The molecule has 1 atom stereocenters. The molecule has 0 fully saturated rings. The lowest BCUT2D eigenvalue weighted by Gasteiger charge is -2.17. The number of hydrogen-bond acceptors (Lipinski definition) is 4. The lowest BCUT2D eigenvalue weighted by molar-refractivity contribution is -0.0435. The minimum absolute atomic E-state index is 0.0832. The Labute approximate surface area is 120 Å². The van der Waals surface area contributed by atoms with Gasteiger partial charge in [0.1, 0.15) is 10.7 Å². The molecule has 0 radical (unpaired) electrons. The van der Waals surface area contributed by atoms with Gasteiger partial charge in [0.05, 0.1) is 11.8 Å². The van der Waals surface area contributed by atoms with Crippen molar-refractivity contribution >= 4 is 15.5 Å². The predicted molar refractivity (Wildman–Crippen MR) is 69.2 cm³/mol. The van der Waals surface area contributed by atoms with E-state index in [0.717, 1.165) is 12.1 Å². The Morgan fingerprint density at radius 2 is 1.95 bits per heavy atom. The summed E-state index contributed by atoms with van der Waals surface area (Å²) < 4.78 is 78.9. The van der Waals surface area contributed by atoms with Gasteiger partial charge in [-0.15, -0.1) is 0 Å². The zero-order valence-corrected chi connectivity index (χ0v) is 12.2. The third-order valence-corrected chi connectivity index (χ3v) is 4.10. The van der Waals surface area contributed by atoms with Gasteiger partial charge in [-0.05, 0) is 32.0 Å². The fraction of sp³-hybridized carbons (Fsp3) is 0.500. The van der Waals surface area contributed by atoms with Gasteiger partial charge in [0, 0.05) is 13.2 Å². The van der Waals surface area contributed by atoms with Crippen LogP contribution in [0.1, 0.15) is 13.8 Å². The molecule has 1 aromatic carbocycles. The summed E-state index contributed by atoms with van der Waals surface area (Å²) in [6.07, 6.45) is -0.346. The van der Waals surface area contributed by atoms with Crippen LogP contribution in [-0.2, 0) is 14.6 Å². The summed E-state index contributed by atoms with van der Waals surface area (Å²) in [5.41, 5.74) is -5.82. The second-order valence-corrected chi connectivity index (χ2v) is 6.15. The standard InChI is InChI=1S/C12H15F4NO3S/c1-3-20-8(2)7-17-10-5-4-9(13)6-11(10)21(18,19)12(14,15)16/h4-6,8,17H,3,7H2,1-2H3. The molecule has 0 aromatic heterocycles. The zero-order valence-electron chi connectivity index (χ0n) is 11.4. The Hall–Kier alpha value is -1.35. The average molecular weight is 329 g/mol. The fourth-order valence-corrected chi connectivity index (χ4v) is 2.53. The van der Waals surface area contributed by atoms with Crippen LogP contribution in [0.2, 0.25) is 0 Å². The lowest BCUT2D eigenvalue weighted by atomic mass is 10.3. The molecule has 120 valence electrons. The molecule has 0 aliphatic heterocycles. The third-order valence-electron chi connectivity index (χ3n) is 2.57. The number of hydrogen-bond donors (Lipinski definition) is 1. The van der Waals surface area contributed by atoms with Crippen LogP contribution in [0.15, 0.2) is 23.1 Å². The fourth-order valence-electron chi connectivity index (χ4n) is 1.59. The molecule has 4 nitrogen and oxygen atoms in total. The molecular formula is C12H15F4NO3S. The molecule has 1 aromatic rings. The minimum atomic E-state index is -5.63. The van der Waals surface area contributed by atoms with Crippen LogP contribution >= 0.6 is 0 Å². The van der Waals surface area contributed by atoms with E-state index >= 15 is 0 Å². The first-order valence-electron chi connectivity index (χ1n) is 6.06. The number of halogens is 4. The molecular weight excluding hydrogens is 314 g/mol. The van der Waals surface area contributed by atoms with Gasteiger partial charge < -0.3 is 10.1 Å². The first kappa shape index (κ1) is 17.7. The van der Waals surface area contributed by atoms with Crippen molar-refractivity contribution < 1.29 is 30.7 Å². The Morgan fingerprint density at radius 1 is 1.33 bits per heavy atom. The number of anilines is 1. The highest BCUT2D eigenvalue weighted by Gasteiger charge is 2.48. The number of sulfone groups is 1. The first-order valence-corrected chi connectivity index (χ1v) is 7.54. The van der Waals surface area contributed by atoms with Gasteiger partial charge in [0.2, 0.25) is 0 Å². The van der Waals surface area contributed by atoms with Crippen LogP contribution in [0, 0.1) is 5.82 Å². The van der Waals surface area contributed by atoms with Crippen LogP contribution in [-0.4, -0.2) is 33.2 Å². The number of ether oxygens (including phenoxy) is 1. The highest BCUT2D eigenvalue weighted by molar-refractivity contribution is 7.92. The Balaban J connectivity index is 3.12. The molecule has 0 saturated heterocycles. The molecule has 0 aliphatic carbocycles. The van der Waals surface area contributed by atoms with Crippen LogP contribution in [0.25, 0.3) is 0 Å². The number of rotatable bonds is 6. The van der Waals surface area contributed by atoms with E-state index in [1.807, 2.05) is 0 Å². The topological polar surface area (TPSA) is 55.4 Å². The summed E-state index contributed by atoms with van der Waals surface area (Å²) in [5, 5.41) is 2.53. The lowest BCUT2D eigenvalue weighted by Crippen LogP contribution is -2.26. The molecule has 0 spiro atoms. The van der Waals surface area contributed by atoms with Gasteiger partial charge in [-0.3, -0.25) is 0 Å². The number of benzene rings is 1.